The highest BCUT2D eigenvalue weighted by atomic mass is 35.5. The Morgan fingerprint density at radius 1 is 1.08 bits per heavy atom. The van der Waals surface area contributed by atoms with E-state index in [1.165, 1.54) is 12.3 Å². The van der Waals surface area contributed by atoms with E-state index in [0.29, 0.717) is 19.8 Å². The summed E-state index contributed by atoms with van der Waals surface area (Å²) in [4.78, 5) is 19.6. The molecule has 1 amide bonds. The topological polar surface area (TPSA) is 63.7 Å². The maximum Gasteiger partial charge on any atom is 0.416 e. The highest BCUT2D eigenvalue weighted by molar-refractivity contribution is 6.32. The van der Waals surface area contributed by atoms with E-state index in [1.807, 2.05) is 30.3 Å². The van der Waals surface area contributed by atoms with Gasteiger partial charge in [-0.25, -0.2) is 4.98 Å². The molecule has 4 rings (SSSR count). The maximum absolute atomic E-state index is 13.3. The van der Waals surface area contributed by atoms with E-state index >= 15 is 0 Å². The molecule has 3 aromatic rings. The number of nitrogens with zero attached hydrogens (tertiary/aromatic N) is 2. The first-order valence-corrected chi connectivity index (χ1v) is 12.3. The molecule has 0 radical (unpaired) electrons. The van der Waals surface area contributed by atoms with E-state index in [9.17, 15) is 18.0 Å². The molecule has 2 aromatic carbocycles. The van der Waals surface area contributed by atoms with Gasteiger partial charge in [-0.2, -0.15) is 13.2 Å². The quantitative estimate of drug-likeness (QED) is 0.348. The van der Waals surface area contributed by atoms with Gasteiger partial charge in [0.15, 0.2) is 0 Å². The highest BCUT2D eigenvalue weighted by Crippen LogP contribution is 2.36. The van der Waals surface area contributed by atoms with Gasteiger partial charge in [-0.1, -0.05) is 41.9 Å². The number of pyridine rings is 1. The zero-order chi connectivity index (χ0) is 26.3. The zero-order valence-corrected chi connectivity index (χ0v) is 20.8. The Hall–Kier alpha value is -3.14. The van der Waals surface area contributed by atoms with Gasteiger partial charge < -0.3 is 19.7 Å². The second-order valence-electron chi connectivity index (χ2n) is 8.78. The lowest BCUT2D eigenvalue weighted by Crippen LogP contribution is -2.46. The fraction of sp³-hybridized carbons (Fsp3) is 0.333. The van der Waals surface area contributed by atoms with Crippen molar-refractivity contribution in [2.75, 3.05) is 26.2 Å². The Balaban J connectivity index is 1.46. The van der Waals surface area contributed by atoms with Crippen LogP contribution in [0.15, 0.2) is 66.9 Å². The number of hydrogen-bond donors (Lipinski definition) is 1. The molecule has 10 heteroatoms. The molecule has 1 saturated heterocycles. The van der Waals surface area contributed by atoms with Crippen LogP contribution in [0.3, 0.4) is 0 Å². The summed E-state index contributed by atoms with van der Waals surface area (Å²) in [6, 6.07) is 15.3. The largest absolute Gasteiger partial charge is 0.437 e. The Bertz CT molecular complexity index is 1190. The van der Waals surface area contributed by atoms with Crippen LogP contribution < -0.4 is 10.1 Å². The smallest absolute Gasteiger partial charge is 0.416 e. The number of carbonyl (C=O) groups is 1. The van der Waals surface area contributed by atoms with Crippen molar-refractivity contribution in [3.63, 3.8) is 0 Å². The van der Waals surface area contributed by atoms with Crippen LogP contribution in [0.25, 0.3) is 0 Å². The van der Waals surface area contributed by atoms with Crippen molar-refractivity contribution in [3.8, 4) is 11.6 Å². The Morgan fingerprint density at radius 3 is 2.54 bits per heavy atom. The average molecular weight is 534 g/mol. The van der Waals surface area contributed by atoms with E-state index in [2.05, 4.69) is 15.2 Å². The summed E-state index contributed by atoms with van der Waals surface area (Å²) in [6.07, 6.45) is -0.889. The first-order chi connectivity index (χ1) is 17.8. The van der Waals surface area contributed by atoms with Gasteiger partial charge in [-0.15, -0.1) is 0 Å². The van der Waals surface area contributed by atoms with Gasteiger partial charge in [0.2, 0.25) is 5.88 Å². The zero-order valence-electron chi connectivity index (χ0n) is 20.0. The lowest BCUT2D eigenvalue weighted by atomic mass is 10.2. The number of rotatable bonds is 10. The molecule has 0 saturated carbocycles. The fourth-order valence-corrected chi connectivity index (χ4v) is 4.30. The molecule has 6 nitrogen and oxygen atoms in total. The van der Waals surface area contributed by atoms with E-state index in [1.54, 1.807) is 6.07 Å². The molecule has 1 aliphatic heterocycles. The van der Waals surface area contributed by atoms with E-state index < -0.39 is 17.6 Å². The Morgan fingerprint density at radius 2 is 1.84 bits per heavy atom. The molecule has 1 fully saturated rings. The predicted octanol–water partition coefficient (Wildman–Crippen LogP) is 5.96. The summed E-state index contributed by atoms with van der Waals surface area (Å²) in [5.41, 5.74) is 0.266. The standard InChI is InChI=1S/C27H27ClF3N3O3/c28-23-15-20(27(29,30)31)10-11-24(23)37-26-22(9-6-12-32-26)25(35)33-21(16-34-13-4-5-14-34)18-36-17-19-7-2-1-3-8-19/h1-3,6-12,15,21H,4-5,13-14,16-18H2,(H,33,35). The van der Waals surface area contributed by atoms with Crippen LogP contribution in [0, 0.1) is 0 Å². The summed E-state index contributed by atoms with van der Waals surface area (Å²) >= 11 is 6.03. The first-order valence-electron chi connectivity index (χ1n) is 11.9. The van der Waals surface area contributed by atoms with Gasteiger partial charge in [0.1, 0.15) is 11.3 Å². The Labute approximate surface area is 218 Å². The first kappa shape index (κ1) is 26.9. The molecule has 1 aliphatic rings. The molecule has 1 unspecified atom stereocenters. The summed E-state index contributed by atoms with van der Waals surface area (Å²) in [6.45, 7) is 3.26. The third-order valence-corrected chi connectivity index (χ3v) is 6.22. The molecule has 0 aliphatic carbocycles. The van der Waals surface area contributed by atoms with Crippen LogP contribution in [0.1, 0.15) is 34.3 Å². The van der Waals surface area contributed by atoms with Crippen molar-refractivity contribution >= 4 is 17.5 Å². The van der Waals surface area contributed by atoms with E-state index in [4.69, 9.17) is 21.1 Å². The highest BCUT2D eigenvalue weighted by Gasteiger charge is 2.31. The van der Waals surface area contributed by atoms with Crippen LogP contribution in [0.2, 0.25) is 5.02 Å². The number of carbonyl (C=O) groups excluding carboxylic acids is 1. The van der Waals surface area contributed by atoms with Crippen LogP contribution in [-0.4, -0.2) is 48.1 Å². The monoisotopic (exact) mass is 533 g/mol. The Kier molecular flexibility index (Phi) is 9.02. The molecule has 0 spiro atoms. The SMILES string of the molecule is O=C(NC(COCc1ccccc1)CN1CCCC1)c1cccnc1Oc1ccc(C(F)(F)F)cc1Cl. The molecular weight excluding hydrogens is 507 g/mol. The summed E-state index contributed by atoms with van der Waals surface area (Å²) < 4.78 is 50.5. The molecular formula is C27H27ClF3N3O3. The minimum absolute atomic E-state index is 0.0396. The molecule has 0 bridgehead atoms. The number of likely N-dealkylation sites (tertiary alicyclic amines) is 1. The number of aromatic nitrogens is 1. The van der Waals surface area contributed by atoms with Gasteiger partial charge in [0.05, 0.1) is 29.8 Å². The van der Waals surface area contributed by atoms with Crippen molar-refractivity contribution in [2.24, 2.45) is 0 Å². The summed E-state index contributed by atoms with van der Waals surface area (Å²) in [7, 11) is 0. The van der Waals surface area contributed by atoms with Crippen molar-refractivity contribution in [1.29, 1.82) is 0 Å². The molecule has 37 heavy (non-hydrogen) atoms. The number of halogens is 4. The number of benzene rings is 2. The van der Waals surface area contributed by atoms with E-state index in [0.717, 1.165) is 49.7 Å². The summed E-state index contributed by atoms with van der Waals surface area (Å²) in [5.74, 6) is -0.535. The lowest BCUT2D eigenvalue weighted by molar-refractivity contribution is -0.137. The fourth-order valence-electron chi connectivity index (χ4n) is 4.08. The minimum Gasteiger partial charge on any atom is -0.437 e. The van der Waals surface area contributed by atoms with Crippen LogP contribution >= 0.6 is 11.6 Å². The number of ether oxygens (including phenoxy) is 2. The minimum atomic E-state index is -4.54. The number of hydrogen-bond acceptors (Lipinski definition) is 5. The van der Waals surface area contributed by atoms with Crippen molar-refractivity contribution in [3.05, 3.63) is 88.6 Å². The molecule has 1 N–H and O–H groups in total. The maximum atomic E-state index is 13.3. The van der Waals surface area contributed by atoms with Crippen molar-refractivity contribution < 1.29 is 27.4 Å². The van der Waals surface area contributed by atoms with Crippen molar-refractivity contribution in [1.82, 2.24) is 15.2 Å². The van der Waals surface area contributed by atoms with Crippen molar-refractivity contribution in [2.45, 2.75) is 31.7 Å². The summed E-state index contributed by atoms with van der Waals surface area (Å²) in [5, 5.41) is 2.77. The van der Waals surface area contributed by atoms with Gasteiger partial charge in [-0.05, 0) is 61.8 Å². The third kappa shape index (κ3) is 7.67. The molecule has 2 heterocycles. The molecule has 1 aromatic heterocycles. The number of amides is 1. The van der Waals surface area contributed by atoms with Gasteiger partial charge >= 0.3 is 6.18 Å². The number of alkyl halides is 3. The van der Waals surface area contributed by atoms with Crippen LogP contribution in [0.4, 0.5) is 13.2 Å². The van der Waals surface area contributed by atoms with E-state index in [-0.39, 0.29) is 28.3 Å². The lowest BCUT2D eigenvalue weighted by Gasteiger charge is -2.25. The average Bonchev–Trinajstić information content (AvgIpc) is 3.38. The third-order valence-electron chi connectivity index (χ3n) is 5.92. The predicted molar refractivity (Wildman–Crippen MR) is 134 cm³/mol. The second-order valence-corrected chi connectivity index (χ2v) is 9.19. The van der Waals surface area contributed by atoms with Crippen LogP contribution in [0.5, 0.6) is 11.6 Å². The van der Waals surface area contributed by atoms with Gasteiger partial charge in [0.25, 0.3) is 5.91 Å². The van der Waals surface area contributed by atoms with Crippen LogP contribution in [-0.2, 0) is 17.5 Å². The molecule has 1 atom stereocenters. The van der Waals surface area contributed by atoms with Gasteiger partial charge in [-0.3, -0.25) is 4.79 Å². The number of nitrogens with one attached hydrogen (secondary N) is 1. The normalized spacial score (nSPS) is 14.9. The van der Waals surface area contributed by atoms with Gasteiger partial charge in [0, 0.05) is 12.7 Å². The molecule has 196 valence electrons. The second kappa shape index (κ2) is 12.4.